The molecule has 0 aliphatic carbocycles. The Morgan fingerprint density at radius 2 is 1.08 bits per heavy atom. The van der Waals surface area contributed by atoms with Gasteiger partial charge in [-0.2, -0.15) is 0 Å². The SMILES string of the molecule is [2H]c1c([2H])c([2H])c(-c2cc(-c3ccccc3)cc3c2oc2cccc(-c4nc(-c5ccccc5)nc(-c5ccc6c(c5)oc5ccccc56)n4)c23)c([2H])c1[2H]. The second-order valence-electron chi connectivity index (χ2n) is 12.0. The Hall–Kier alpha value is -6.85. The van der Waals surface area contributed by atoms with Crippen LogP contribution in [-0.4, -0.2) is 15.0 Å². The highest BCUT2D eigenvalue weighted by Crippen LogP contribution is 2.43. The minimum absolute atomic E-state index is 0.0594. The molecule has 3 aromatic heterocycles. The maximum atomic E-state index is 8.88. The molecule has 0 atom stereocenters. The topological polar surface area (TPSA) is 65.0 Å². The summed E-state index contributed by atoms with van der Waals surface area (Å²) in [6.45, 7) is 0. The van der Waals surface area contributed by atoms with Gasteiger partial charge in [-0.25, -0.2) is 15.0 Å². The molecule has 10 rings (SSSR count). The van der Waals surface area contributed by atoms with Gasteiger partial charge in [-0.15, -0.1) is 0 Å². The van der Waals surface area contributed by atoms with Crippen LogP contribution < -0.4 is 0 Å². The molecule has 5 nitrogen and oxygen atoms in total. The van der Waals surface area contributed by atoms with Crippen LogP contribution in [0.4, 0.5) is 0 Å². The third-order valence-corrected chi connectivity index (χ3v) is 9.02. The van der Waals surface area contributed by atoms with Gasteiger partial charge in [-0.05, 0) is 53.1 Å². The van der Waals surface area contributed by atoms with E-state index in [-0.39, 0.29) is 17.6 Å². The lowest BCUT2D eigenvalue weighted by atomic mass is 9.95. The van der Waals surface area contributed by atoms with Crippen LogP contribution in [0.15, 0.2) is 173 Å². The molecule has 7 aromatic carbocycles. The largest absolute Gasteiger partial charge is 0.456 e. The summed E-state index contributed by atoms with van der Waals surface area (Å²) in [5.41, 5.74) is 6.80. The number of benzene rings is 7. The van der Waals surface area contributed by atoms with E-state index >= 15 is 0 Å². The van der Waals surface area contributed by atoms with Gasteiger partial charge < -0.3 is 8.83 Å². The molecule has 0 fully saturated rings. The molecule has 0 aliphatic heterocycles. The lowest BCUT2D eigenvalue weighted by molar-refractivity contribution is 0.669. The van der Waals surface area contributed by atoms with Gasteiger partial charge in [-0.1, -0.05) is 127 Å². The number of rotatable bonds is 5. The second kappa shape index (κ2) is 11.4. The number of aromatic nitrogens is 3. The zero-order valence-corrected chi connectivity index (χ0v) is 26.4. The highest BCUT2D eigenvalue weighted by Gasteiger charge is 2.21. The number of hydrogen-bond acceptors (Lipinski definition) is 5. The average Bonchev–Trinajstić information content (AvgIpc) is 3.81. The van der Waals surface area contributed by atoms with E-state index in [0.717, 1.165) is 44.2 Å². The zero-order valence-electron chi connectivity index (χ0n) is 31.4. The van der Waals surface area contributed by atoms with Crippen molar-refractivity contribution in [2.45, 2.75) is 0 Å². The van der Waals surface area contributed by atoms with Gasteiger partial charge in [0.05, 0.1) is 6.85 Å². The van der Waals surface area contributed by atoms with Crippen LogP contribution in [0.5, 0.6) is 0 Å². The molecule has 0 N–H and O–H groups in total. The van der Waals surface area contributed by atoms with Crippen LogP contribution in [0.25, 0.3) is 100 Å². The van der Waals surface area contributed by atoms with Crippen molar-refractivity contribution in [3.8, 4) is 56.4 Å². The summed E-state index contributed by atoms with van der Waals surface area (Å²) in [6, 6.07) is 41.0. The molecule has 3 heterocycles. The van der Waals surface area contributed by atoms with Crippen LogP contribution in [0, 0.1) is 0 Å². The van der Waals surface area contributed by atoms with Crippen LogP contribution in [-0.2, 0) is 0 Å². The number of nitrogens with zero attached hydrogens (tertiary/aromatic N) is 3. The molecule has 0 aliphatic rings. The Bertz CT molecular complexity index is 3130. The number of para-hydroxylation sites is 1. The number of furan rings is 2. The highest BCUT2D eigenvalue weighted by atomic mass is 16.3. The first-order valence-electron chi connectivity index (χ1n) is 18.7. The maximum absolute atomic E-state index is 8.88. The van der Waals surface area contributed by atoms with E-state index in [4.69, 9.17) is 30.6 Å². The molecule has 234 valence electrons. The van der Waals surface area contributed by atoms with Crippen LogP contribution in [0.3, 0.4) is 0 Å². The quantitative estimate of drug-likeness (QED) is 0.186. The summed E-state index contributed by atoms with van der Waals surface area (Å²) in [7, 11) is 0. The van der Waals surface area contributed by atoms with Crippen molar-refractivity contribution in [2.75, 3.05) is 0 Å². The predicted octanol–water partition coefficient (Wildman–Crippen LogP) is 12.0. The van der Waals surface area contributed by atoms with Crippen molar-refractivity contribution in [3.63, 3.8) is 0 Å². The van der Waals surface area contributed by atoms with Gasteiger partial charge >= 0.3 is 0 Å². The number of hydrogen-bond donors (Lipinski definition) is 0. The van der Waals surface area contributed by atoms with Crippen LogP contribution in [0.2, 0.25) is 0 Å². The molecule has 0 spiro atoms. The molecule has 0 saturated carbocycles. The van der Waals surface area contributed by atoms with Crippen molar-refractivity contribution in [1.29, 1.82) is 0 Å². The monoisotopic (exact) mass is 646 g/mol. The third kappa shape index (κ3) is 4.67. The molecular weight excluding hydrogens is 615 g/mol. The lowest BCUT2D eigenvalue weighted by Gasteiger charge is -2.10. The summed E-state index contributed by atoms with van der Waals surface area (Å²) < 4.78 is 55.7. The van der Waals surface area contributed by atoms with Gasteiger partial charge in [0, 0.05) is 43.8 Å². The summed E-state index contributed by atoms with van der Waals surface area (Å²) in [4.78, 5) is 15.1. The number of fused-ring (bicyclic) bond motifs is 6. The summed E-state index contributed by atoms with van der Waals surface area (Å²) in [5, 5.41) is 3.42. The molecule has 5 heteroatoms. The maximum Gasteiger partial charge on any atom is 0.164 e. The van der Waals surface area contributed by atoms with Gasteiger partial charge in [0.1, 0.15) is 22.3 Å². The standard InChI is InChI=1S/C45H27N3O2/c1-4-13-28(14-5-1)32-25-36(29-15-6-2-7-16-29)42-37(26-32)41-35(20-12-22-39(41)50-42)45-47-43(30-17-8-3-9-18-30)46-44(48-45)31-23-24-34-33-19-10-11-21-38(33)49-40(34)27-31/h1-27H/i2D,6D,7D,15D,16D. The van der Waals surface area contributed by atoms with E-state index in [9.17, 15) is 0 Å². The summed E-state index contributed by atoms with van der Waals surface area (Å²) >= 11 is 0. The molecule has 50 heavy (non-hydrogen) atoms. The minimum atomic E-state index is -0.458. The second-order valence-corrected chi connectivity index (χ2v) is 12.0. The fraction of sp³-hybridized carbons (Fsp3) is 0. The Kier molecular flexibility index (Phi) is 5.35. The smallest absolute Gasteiger partial charge is 0.164 e. The first-order valence-corrected chi connectivity index (χ1v) is 16.2. The molecule has 10 aromatic rings. The first kappa shape index (κ1) is 23.5. The zero-order chi connectivity index (χ0) is 37.4. The van der Waals surface area contributed by atoms with Gasteiger partial charge in [0.2, 0.25) is 0 Å². The molecular formula is C45H27N3O2. The van der Waals surface area contributed by atoms with Gasteiger partial charge in [-0.3, -0.25) is 0 Å². The molecule has 0 saturated heterocycles. The fourth-order valence-electron chi connectivity index (χ4n) is 6.69. The first-order chi connectivity index (χ1) is 26.8. The summed E-state index contributed by atoms with van der Waals surface area (Å²) in [5.74, 6) is 1.36. The van der Waals surface area contributed by atoms with Gasteiger partial charge in [0.25, 0.3) is 0 Å². The van der Waals surface area contributed by atoms with E-state index in [1.54, 1.807) is 0 Å². The van der Waals surface area contributed by atoms with Crippen molar-refractivity contribution < 1.29 is 15.7 Å². The Morgan fingerprint density at radius 3 is 1.90 bits per heavy atom. The van der Waals surface area contributed by atoms with Crippen molar-refractivity contribution in [3.05, 3.63) is 164 Å². The van der Waals surface area contributed by atoms with E-state index in [1.807, 2.05) is 133 Å². The normalized spacial score (nSPS) is 13.0. The fourth-order valence-corrected chi connectivity index (χ4v) is 6.69. The Balaban J connectivity index is 1.26. The molecule has 0 unspecified atom stereocenters. The molecule has 0 amide bonds. The Morgan fingerprint density at radius 1 is 0.400 bits per heavy atom. The minimum Gasteiger partial charge on any atom is -0.456 e. The van der Waals surface area contributed by atoms with E-state index in [1.165, 1.54) is 0 Å². The molecule has 0 radical (unpaired) electrons. The van der Waals surface area contributed by atoms with Crippen molar-refractivity contribution in [2.24, 2.45) is 0 Å². The van der Waals surface area contributed by atoms with Crippen LogP contribution >= 0.6 is 0 Å². The van der Waals surface area contributed by atoms with Crippen molar-refractivity contribution >= 4 is 43.9 Å². The molecule has 0 bridgehead atoms. The van der Waals surface area contributed by atoms with Crippen LogP contribution in [0.1, 0.15) is 6.85 Å². The van der Waals surface area contributed by atoms with Gasteiger partial charge in [0.15, 0.2) is 17.5 Å². The van der Waals surface area contributed by atoms with Crippen molar-refractivity contribution in [1.82, 2.24) is 15.0 Å². The Labute approximate surface area is 294 Å². The van der Waals surface area contributed by atoms with E-state index in [2.05, 4.69) is 0 Å². The third-order valence-electron chi connectivity index (χ3n) is 9.02. The van der Waals surface area contributed by atoms with E-state index < -0.39 is 18.1 Å². The lowest BCUT2D eigenvalue weighted by Crippen LogP contribution is -2.00. The average molecular weight is 647 g/mol. The highest BCUT2D eigenvalue weighted by molar-refractivity contribution is 6.16. The predicted molar refractivity (Wildman–Crippen MR) is 202 cm³/mol. The van der Waals surface area contributed by atoms with E-state index in [0.29, 0.717) is 50.5 Å². The summed E-state index contributed by atoms with van der Waals surface area (Å²) in [6.07, 6.45) is 0.